The number of carbonyl (C=O) groups excluding carboxylic acids is 4. The predicted octanol–water partition coefficient (Wildman–Crippen LogP) is 6.10. The van der Waals surface area contributed by atoms with Crippen molar-refractivity contribution in [3.8, 4) is 23.0 Å². The number of allylic oxidation sites excluding steroid dienone is 2. The van der Waals surface area contributed by atoms with Gasteiger partial charge in [-0.2, -0.15) is 0 Å². The minimum absolute atomic E-state index is 0.0252. The van der Waals surface area contributed by atoms with Gasteiger partial charge in [-0.3, -0.25) is 34.1 Å². The molecule has 14 nitrogen and oxygen atoms in total. The van der Waals surface area contributed by atoms with Crippen LogP contribution in [0.4, 0.5) is 0 Å². The highest BCUT2D eigenvalue weighted by atomic mass is 16.5. The van der Waals surface area contributed by atoms with E-state index >= 15 is 0 Å². The molecule has 0 unspecified atom stereocenters. The number of esters is 1. The highest BCUT2D eigenvalue weighted by Gasteiger charge is 2.36. The predicted molar refractivity (Wildman–Crippen MR) is 262 cm³/mol. The van der Waals surface area contributed by atoms with Gasteiger partial charge in [0.25, 0.3) is 11.8 Å². The summed E-state index contributed by atoms with van der Waals surface area (Å²) in [5.74, 6) is 4.60. The zero-order valence-electron chi connectivity index (χ0n) is 40.7. The molecule has 0 aliphatic carbocycles. The van der Waals surface area contributed by atoms with E-state index in [2.05, 4.69) is 89.7 Å². The Kier molecular flexibility index (Phi) is 15.6. The molecule has 3 aromatic rings. The van der Waals surface area contributed by atoms with Crippen LogP contribution in [0.15, 0.2) is 65.8 Å². The minimum atomic E-state index is -0.937. The summed E-state index contributed by atoms with van der Waals surface area (Å²) < 4.78 is 20.2. The van der Waals surface area contributed by atoms with Crippen LogP contribution >= 0.6 is 0 Å². The van der Waals surface area contributed by atoms with Gasteiger partial charge in [0, 0.05) is 87.3 Å². The molecule has 2 aromatic carbocycles. The Morgan fingerprint density at radius 2 is 1.87 bits per heavy atom. The van der Waals surface area contributed by atoms with E-state index in [1.807, 2.05) is 45.9 Å². The van der Waals surface area contributed by atoms with Crippen LogP contribution in [-0.4, -0.2) is 132 Å². The summed E-state index contributed by atoms with van der Waals surface area (Å²) in [5, 5.41) is 5.53. The number of aliphatic imine (C=N–C) groups is 1. The number of rotatable bonds is 12. The Morgan fingerprint density at radius 3 is 2.55 bits per heavy atom. The van der Waals surface area contributed by atoms with Crippen molar-refractivity contribution in [2.45, 2.75) is 123 Å². The topological polar surface area (TPSA) is 147 Å². The number of fused-ring (bicyclic) bond motifs is 6. The normalized spacial score (nSPS) is 21.3. The summed E-state index contributed by atoms with van der Waals surface area (Å²) in [6.45, 7) is 22.7. The Labute approximate surface area is 396 Å². The quantitative estimate of drug-likeness (QED) is 0.0953. The molecule has 5 heterocycles. The lowest BCUT2D eigenvalue weighted by atomic mass is 9.84. The number of methoxy groups -OCH3 is 1. The largest absolute Gasteiger partial charge is 0.464 e. The van der Waals surface area contributed by atoms with Crippen LogP contribution in [0.1, 0.15) is 91.0 Å². The first-order chi connectivity index (χ1) is 32.1. The van der Waals surface area contributed by atoms with Gasteiger partial charge >= 0.3 is 5.97 Å². The third-order valence-corrected chi connectivity index (χ3v) is 13.5. The number of likely N-dealkylation sites (tertiary alicyclic amines) is 2. The Hall–Kier alpha value is -5.59. The molecule has 1 aromatic heterocycles. The molecule has 4 aliphatic rings. The minimum Gasteiger partial charge on any atom is -0.464 e. The van der Waals surface area contributed by atoms with E-state index in [0.717, 1.165) is 69.6 Å². The maximum Gasteiger partial charge on any atom is 0.324 e. The Balaban J connectivity index is 1.15. The fourth-order valence-corrected chi connectivity index (χ4v) is 9.43. The van der Waals surface area contributed by atoms with Gasteiger partial charge in [0.2, 0.25) is 5.91 Å². The van der Waals surface area contributed by atoms with Gasteiger partial charge < -0.3 is 29.0 Å². The average Bonchev–Trinajstić information content (AvgIpc) is 3.57. The molecule has 358 valence electrons. The van der Waals surface area contributed by atoms with Crippen LogP contribution in [0.2, 0.25) is 0 Å². The molecule has 4 aliphatic heterocycles. The number of hydrogen-bond donors (Lipinski definition) is 2. The Morgan fingerprint density at radius 1 is 1.10 bits per heavy atom. The van der Waals surface area contributed by atoms with Gasteiger partial charge in [-0.1, -0.05) is 62.8 Å². The maximum absolute atomic E-state index is 14.4. The first-order valence-electron chi connectivity index (χ1n) is 23.9. The molecule has 14 heteroatoms. The number of benzene rings is 2. The number of aryl methyl sites for hydroxylation is 1. The van der Waals surface area contributed by atoms with E-state index in [9.17, 15) is 19.2 Å². The van der Waals surface area contributed by atoms with Gasteiger partial charge in [-0.15, -0.1) is 0 Å². The van der Waals surface area contributed by atoms with Crippen molar-refractivity contribution < 1.29 is 33.4 Å². The SMILES string of the molecule is C=C/C(=C(\N=CC)[C@H](C)OC)c1c2c3cc(ccc3n1CC)-c1cccc(c1)C[C@H](NC(=O)CCOC1CN(C(=O)C#CC(C)(C)N3CCC3)C1)C(=O)N1CCC[C@H](N1)C(=O)OCC(C)(C)C2. The number of cyclic esters (lactones) is 1. The molecule has 3 fully saturated rings. The van der Waals surface area contributed by atoms with Crippen molar-refractivity contribution in [3.63, 3.8) is 0 Å². The second-order valence-electron chi connectivity index (χ2n) is 19.5. The first-order valence-corrected chi connectivity index (χ1v) is 23.9. The van der Waals surface area contributed by atoms with E-state index < -0.39 is 23.5 Å². The summed E-state index contributed by atoms with van der Waals surface area (Å²) in [5.41, 5.74) is 9.90. The van der Waals surface area contributed by atoms with Crippen molar-refractivity contribution in [1.29, 1.82) is 0 Å². The number of aromatic nitrogens is 1. The summed E-state index contributed by atoms with van der Waals surface area (Å²) in [6.07, 6.45) is 6.17. The van der Waals surface area contributed by atoms with E-state index in [-0.39, 0.29) is 61.5 Å². The lowest BCUT2D eigenvalue weighted by Gasteiger charge is -2.41. The van der Waals surface area contributed by atoms with Crippen LogP contribution in [0.5, 0.6) is 0 Å². The van der Waals surface area contributed by atoms with Gasteiger partial charge in [0.05, 0.1) is 42.4 Å². The summed E-state index contributed by atoms with van der Waals surface area (Å²) in [7, 11) is 1.68. The van der Waals surface area contributed by atoms with Crippen LogP contribution < -0.4 is 10.7 Å². The van der Waals surface area contributed by atoms with Gasteiger partial charge in [0.15, 0.2) is 0 Å². The van der Waals surface area contributed by atoms with Crippen LogP contribution in [0, 0.1) is 17.3 Å². The Bertz CT molecular complexity index is 2480. The van der Waals surface area contributed by atoms with Gasteiger partial charge in [-0.05, 0) is 101 Å². The van der Waals surface area contributed by atoms with Crippen LogP contribution in [-0.2, 0) is 52.8 Å². The molecule has 6 bridgehead atoms. The highest BCUT2D eigenvalue weighted by Crippen LogP contribution is 2.40. The molecule has 3 saturated heterocycles. The second-order valence-corrected chi connectivity index (χ2v) is 19.5. The van der Waals surface area contributed by atoms with E-state index in [1.54, 1.807) is 18.2 Å². The lowest BCUT2D eigenvalue weighted by molar-refractivity contribution is -0.155. The molecule has 67 heavy (non-hydrogen) atoms. The molecule has 3 atom stereocenters. The van der Waals surface area contributed by atoms with Crippen molar-refractivity contribution >= 4 is 46.4 Å². The third-order valence-electron chi connectivity index (χ3n) is 13.5. The molecular weight excluding hydrogens is 847 g/mol. The van der Waals surface area contributed by atoms with Crippen LogP contribution in [0.3, 0.4) is 0 Å². The second kappa shape index (κ2) is 21.1. The molecule has 3 amide bonds. The first kappa shape index (κ1) is 49.3. The molecule has 7 rings (SSSR count). The fourth-order valence-electron chi connectivity index (χ4n) is 9.43. The van der Waals surface area contributed by atoms with Gasteiger partial charge in [-0.25, -0.2) is 5.43 Å². The van der Waals surface area contributed by atoms with Gasteiger partial charge in [0.1, 0.15) is 12.1 Å². The number of nitrogens with one attached hydrogen (secondary N) is 2. The summed E-state index contributed by atoms with van der Waals surface area (Å²) >= 11 is 0. The van der Waals surface area contributed by atoms with E-state index in [4.69, 9.17) is 19.2 Å². The fraction of sp³-hybridized carbons (Fsp3) is 0.528. The zero-order valence-corrected chi connectivity index (χ0v) is 40.7. The number of hydrogen-bond acceptors (Lipinski definition) is 10. The van der Waals surface area contributed by atoms with Crippen molar-refractivity contribution in [2.75, 3.05) is 53.0 Å². The third kappa shape index (κ3) is 11.2. The maximum atomic E-state index is 14.4. The molecular formula is C53H69N7O7. The molecule has 2 N–H and O–H groups in total. The number of nitrogens with zero attached hydrogens (tertiary/aromatic N) is 5. The zero-order chi connectivity index (χ0) is 48.0. The van der Waals surface area contributed by atoms with Crippen molar-refractivity contribution in [1.82, 2.24) is 30.1 Å². The molecule has 0 spiro atoms. The average molecular weight is 916 g/mol. The standard InChI is InChI=1S/C53H69N7O7/c1-10-40(48(54-11-2)35(4)65-9)49-42-31-52(5,6)34-67-51(64)43-18-14-26-60(56-43)50(63)44(29-36-16-13-17-37(28-36)38-19-20-45(41(42)30-38)59(49)12-3)55-46(61)22-27-66-39-32-57(33-39)47(62)21-23-53(7,8)58-24-15-25-58/h10-11,13,16-17,19-20,28,30,35,39,43-44,56H,1,12,14-15,18,22,24-27,29,31-34H2,2-9H3,(H,55,61)/b48-40+,54-11?/t35-,43-,44-/m0/s1. The number of ether oxygens (including phenoxy) is 3. The molecule has 0 radical (unpaired) electrons. The number of hydrazine groups is 1. The summed E-state index contributed by atoms with van der Waals surface area (Å²) in [4.78, 5) is 63.3. The monoisotopic (exact) mass is 916 g/mol. The molecule has 0 saturated carbocycles. The van der Waals surface area contributed by atoms with Crippen molar-refractivity contribution in [2.24, 2.45) is 10.4 Å². The number of amides is 3. The van der Waals surface area contributed by atoms with E-state index in [1.165, 1.54) is 5.01 Å². The van der Waals surface area contributed by atoms with Crippen molar-refractivity contribution in [3.05, 3.63) is 77.6 Å². The summed E-state index contributed by atoms with van der Waals surface area (Å²) in [6, 6.07) is 12.9. The number of carbonyl (C=O) groups is 4. The van der Waals surface area contributed by atoms with Crippen LogP contribution in [0.25, 0.3) is 27.6 Å². The van der Waals surface area contributed by atoms with E-state index in [0.29, 0.717) is 45.4 Å². The highest BCUT2D eigenvalue weighted by molar-refractivity contribution is 5.96. The smallest absolute Gasteiger partial charge is 0.324 e. The lowest BCUT2D eigenvalue weighted by Crippen LogP contribution is -2.60.